The van der Waals surface area contributed by atoms with Gasteiger partial charge >= 0.3 is 5.97 Å². The Labute approximate surface area is 117 Å². The lowest BCUT2D eigenvalue weighted by Crippen LogP contribution is -2.51. The van der Waals surface area contributed by atoms with Crippen LogP contribution in [0, 0.1) is 19.7 Å². The molecular weight excluding hydrogens is 285 g/mol. The van der Waals surface area contributed by atoms with E-state index in [1.807, 2.05) is 0 Å². The number of hydrogen-bond donors (Lipinski definition) is 2. The summed E-state index contributed by atoms with van der Waals surface area (Å²) in [7, 11) is -4.05. The molecule has 1 aromatic rings. The molecule has 0 amide bonds. The van der Waals surface area contributed by atoms with E-state index in [4.69, 9.17) is 5.11 Å². The number of aryl methyl sites for hydroxylation is 2. The molecule has 0 bridgehead atoms. The smallest absolute Gasteiger partial charge is 0.324 e. The molecule has 0 aliphatic rings. The number of sulfonamides is 1. The van der Waals surface area contributed by atoms with Gasteiger partial charge in [-0.15, -0.1) is 0 Å². The van der Waals surface area contributed by atoms with Crippen LogP contribution in [-0.4, -0.2) is 25.0 Å². The minimum absolute atomic E-state index is 0.0835. The molecule has 1 unspecified atom stereocenters. The Hall–Kier alpha value is -1.47. The second kappa shape index (κ2) is 5.49. The van der Waals surface area contributed by atoms with Gasteiger partial charge in [-0.3, -0.25) is 4.79 Å². The van der Waals surface area contributed by atoms with E-state index in [-0.39, 0.29) is 22.4 Å². The van der Waals surface area contributed by atoms with Crippen molar-refractivity contribution in [2.45, 2.75) is 44.6 Å². The van der Waals surface area contributed by atoms with Gasteiger partial charge in [-0.25, -0.2) is 12.8 Å². The van der Waals surface area contributed by atoms with Crippen molar-refractivity contribution in [2.75, 3.05) is 0 Å². The molecule has 2 N–H and O–H groups in total. The molecule has 0 saturated heterocycles. The zero-order valence-electron chi connectivity index (χ0n) is 11.8. The second-order valence-corrected chi connectivity index (χ2v) is 6.58. The van der Waals surface area contributed by atoms with E-state index >= 15 is 0 Å². The van der Waals surface area contributed by atoms with Crippen molar-refractivity contribution in [3.8, 4) is 0 Å². The highest BCUT2D eigenvalue weighted by Crippen LogP contribution is 2.23. The fourth-order valence-corrected chi connectivity index (χ4v) is 3.83. The van der Waals surface area contributed by atoms with Crippen molar-refractivity contribution in [3.05, 3.63) is 29.1 Å². The van der Waals surface area contributed by atoms with Crippen molar-refractivity contribution in [3.63, 3.8) is 0 Å². The van der Waals surface area contributed by atoms with Crippen LogP contribution in [0.5, 0.6) is 0 Å². The first-order valence-corrected chi connectivity index (χ1v) is 7.56. The van der Waals surface area contributed by atoms with Crippen molar-refractivity contribution in [2.24, 2.45) is 0 Å². The van der Waals surface area contributed by atoms with Crippen LogP contribution in [0.3, 0.4) is 0 Å². The lowest BCUT2D eigenvalue weighted by Gasteiger charge is -2.25. The summed E-state index contributed by atoms with van der Waals surface area (Å²) in [6, 6.07) is 2.21. The maximum atomic E-state index is 13.2. The SMILES string of the molecule is CCC(C)(NS(=O)(=O)c1c(C)cc(F)cc1C)C(=O)O. The van der Waals surface area contributed by atoms with E-state index in [1.54, 1.807) is 6.92 Å². The van der Waals surface area contributed by atoms with Gasteiger partial charge in [-0.1, -0.05) is 6.92 Å². The molecule has 0 heterocycles. The van der Waals surface area contributed by atoms with Crippen LogP contribution in [0.15, 0.2) is 17.0 Å². The van der Waals surface area contributed by atoms with Gasteiger partial charge < -0.3 is 5.11 Å². The van der Waals surface area contributed by atoms with E-state index in [0.717, 1.165) is 12.1 Å². The predicted molar refractivity (Wildman–Crippen MR) is 72.5 cm³/mol. The normalized spacial score (nSPS) is 14.8. The monoisotopic (exact) mass is 303 g/mol. The van der Waals surface area contributed by atoms with Crippen molar-refractivity contribution in [1.82, 2.24) is 4.72 Å². The maximum absolute atomic E-state index is 13.2. The molecule has 1 atom stereocenters. The van der Waals surface area contributed by atoms with E-state index in [2.05, 4.69) is 4.72 Å². The highest BCUT2D eigenvalue weighted by molar-refractivity contribution is 7.89. The van der Waals surface area contributed by atoms with E-state index in [0.29, 0.717) is 0 Å². The molecule has 112 valence electrons. The molecule has 0 aliphatic carbocycles. The Morgan fingerprint density at radius 3 is 2.15 bits per heavy atom. The zero-order chi connectivity index (χ0) is 15.7. The number of carboxylic acids is 1. The Bertz CT molecular complexity index is 619. The number of halogens is 1. The summed E-state index contributed by atoms with van der Waals surface area (Å²) >= 11 is 0. The average molecular weight is 303 g/mol. The number of hydrogen-bond acceptors (Lipinski definition) is 3. The number of carbonyl (C=O) groups is 1. The van der Waals surface area contributed by atoms with E-state index in [9.17, 15) is 17.6 Å². The second-order valence-electron chi connectivity index (χ2n) is 4.97. The van der Waals surface area contributed by atoms with E-state index < -0.39 is 27.3 Å². The Morgan fingerprint density at radius 2 is 1.80 bits per heavy atom. The third-order valence-electron chi connectivity index (χ3n) is 3.23. The summed E-state index contributed by atoms with van der Waals surface area (Å²) in [4.78, 5) is 11.1. The third kappa shape index (κ3) is 3.16. The number of carboxylic acid groups (broad SMARTS) is 1. The topological polar surface area (TPSA) is 83.5 Å². The van der Waals surface area contributed by atoms with Crippen LogP contribution in [0.25, 0.3) is 0 Å². The molecule has 1 rings (SSSR count). The minimum atomic E-state index is -4.05. The molecule has 20 heavy (non-hydrogen) atoms. The molecule has 0 saturated carbocycles. The third-order valence-corrected chi connectivity index (χ3v) is 5.13. The molecule has 0 fully saturated rings. The standard InChI is InChI=1S/C13H18FNO4S/c1-5-13(4,12(16)17)15-20(18,19)11-8(2)6-10(14)7-9(11)3/h6-7,15H,5H2,1-4H3,(H,16,17). The van der Waals surface area contributed by atoms with Crippen molar-refractivity contribution in [1.29, 1.82) is 0 Å². The van der Waals surface area contributed by atoms with Gasteiger partial charge in [0.05, 0.1) is 4.90 Å². The number of benzene rings is 1. The van der Waals surface area contributed by atoms with Gasteiger partial charge in [0.2, 0.25) is 10.0 Å². The number of rotatable bonds is 5. The predicted octanol–water partition coefficient (Wildman–Crippen LogP) is 1.97. The highest BCUT2D eigenvalue weighted by atomic mass is 32.2. The molecule has 5 nitrogen and oxygen atoms in total. The van der Waals surface area contributed by atoms with Gasteiger partial charge in [0, 0.05) is 0 Å². The summed E-state index contributed by atoms with van der Waals surface area (Å²) in [5.41, 5.74) is -1.13. The largest absolute Gasteiger partial charge is 0.480 e. The van der Waals surface area contributed by atoms with Gasteiger partial charge in [-0.2, -0.15) is 4.72 Å². The molecule has 0 spiro atoms. The molecule has 0 aliphatic heterocycles. The van der Waals surface area contributed by atoms with Crippen molar-refractivity contribution < 1.29 is 22.7 Å². The van der Waals surface area contributed by atoms with Crippen LogP contribution < -0.4 is 4.72 Å². The summed E-state index contributed by atoms with van der Waals surface area (Å²) in [5, 5.41) is 9.14. The van der Waals surface area contributed by atoms with Crippen LogP contribution in [0.2, 0.25) is 0 Å². The van der Waals surface area contributed by atoms with Gasteiger partial charge in [0.1, 0.15) is 11.4 Å². The first kappa shape index (κ1) is 16.6. The average Bonchev–Trinajstić information content (AvgIpc) is 2.25. The molecule has 7 heteroatoms. The molecular formula is C13H18FNO4S. The van der Waals surface area contributed by atoms with Crippen molar-refractivity contribution >= 4 is 16.0 Å². The highest BCUT2D eigenvalue weighted by Gasteiger charge is 2.37. The van der Waals surface area contributed by atoms with Gasteiger partial charge in [-0.05, 0) is 50.5 Å². The minimum Gasteiger partial charge on any atom is -0.480 e. The molecule has 1 aromatic carbocycles. The van der Waals surface area contributed by atoms with Gasteiger partial charge in [0.15, 0.2) is 0 Å². The quantitative estimate of drug-likeness (QED) is 0.871. The van der Waals surface area contributed by atoms with Crippen LogP contribution in [0.4, 0.5) is 4.39 Å². The number of nitrogens with one attached hydrogen (secondary N) is 1. The fraction of sp³-hybridized carbons (Fsp3) is 0.462. The first-order valence-electron chi connectivity index (χ1n) is 6.07. The molecule has 0 aromatic heterocycles. The first-order chi connectivity index (χ1) is 9.03. The Kier molecular flexibility index (Phi) is 4.55. The lowest BCUT2D eigenvalue weighted by atomic mass is 10.0. The van der Waals surface area contributed by atoms with E-state index in [1.165, 1.54) is 20.8 Å². The molecule has 0 radical (unpaired) electrons. The van der Waals surface area contributed by atoms with Crippen LogP contribution in [-0.2, 0) is 14.8 Å². The van der Waals surface area contributed by atoms with Crippen LogP contribution >= 0.6 is 0 Å². The Morgan fingerprint density at radius 1 is 1.35 bits per heavy atom. The fourth-order valence-electron chi connectivity index (χ4n) is 1.94. The summed E-state index contributed by atoms with van der Waals surface area (Å²) in [6.07, 6.45) is 0.0842. The zero-order valence-corrected chi connectivity index (χ0v) is 12.6. The summed E-state index contributed by atoms with van der Waals surface area (Å²) < 4.78 is 40.1. The number of aliphatic carboxylic acids is 1. The Balaban J connectivity index is 3.36. The lowest BCUT2D eigenvalue weighted by molar-refractivity contribution is -0.143. The maximum Gasteiger partial charge on any atom is 0.324 e. The summed E-state index contributed by atoms with van der Waals surface area (Å²) in [5.74, 6) is -1.79. The van der Waals surface area contributed by atoms with Gasteiger partial charge in [0.25, 0.3) is 0 Å². The summed E-state index contributed by atoms with van der Waals surface area (Å²) in [6.45, 7) is 5.80. The van der Waals surface area contributed by atoms with Crippen LogP contribution in [0.1, 0.15) is 31.4 Å².